The summed E-state index contributed by atoms with van der Waals surface area (Å²) in [5.41, 5.74) is 0. The third-order valence-corrected chi connectivity index (χ3v) is 5.12. The van der Waals surface area contributed by atoms with Crippen LogP contribution in [0.2, 0.25) is 0 Å². The molecule has 1 unspecified atom stereocenters. The lowest BCUT2D eigenvalue weighted by molar-refractivity contribution is 0.0102. The van der Waals surface area contributed by atoms with Crippen molar-refractivity contribution in [3.8, 4) is 0 Å². The molecule has 0 aromatic rings. The average Bonchev–Trinajstić information content (AvgIpc) is 2.40. The Kier molecular flexibility index (Phi) is 6.70. The van der Waals surface area contributed by atoms with Crippen molar-refractivity contribution in [2.45, 2.75) is 26.9 Å². The minimum Gasteiger partial charge on any atom is -0.376 e. The van der Waals surface area contributed by atoms with E-state index in [4.69, 9.17) is 4.74 Å². The molecule has 1 saturated heterocycles. The fourth-order valence-corrected chi connectivity index (χ4v) is 3.49. The van der Waals surface area contributed by atoms with Gasteiger partial charge in [-0.15, -0.1) is 0 Å². The number of carbonyl (C=O) groups is 1. The number of hydrogen-bond donors (Lipinski definition) is 1. The van der Waals surface area contributed by atoms with E-state index in [1.807, 2.05) is 20.8 Å². The van der Waals surface area contributed by atoms with Crippen molar-refractivity contribution in [2.75, 3.05) is 45.1 Å². The molecule has 20 heavy (non-hydrogen) atoms. The molecule has 0 aromatic heterocycles. The van der Waals surface area contributed by atoms with Gasteiger partial charge < -0.3 is 15.0 Å². The van der Waals surface area contributed by atoms with Gasteiger partial charge in [-0.2, -0.15) is 4.31 Å². The molecule has 1 rings (SSSR count). The second kappa shape index (κ2) is 7.80. The van der Waals surface area contributed by atoms with Gasteiger partial charge in [0.2, 0.25) is 10.0 Å². The Balaban J connectivity index is 2.42. The highest BCUT2D eigenvalue weighted by Crippen LogP contribution is 2.09. The first-order valence-electron chi connectivity index (χ1n) is 7.02. The van der Waals surface area contributed by atoms with Crippen LogP contribution in [0.3, 0.4) is 0 Å². The highest BCUT2D eigenvalue weighted by atomic mass is 32.2. The van der Waals surface area contributed by atoms with E-state index >= 15 is 0 Å². The Morgan fingerprint density at radius 1 is 1.40 bits per heavy atom. The van der Waals surface area contributed by atoms with Crippen LogP contribution in [0.1, 0.15) is 20.8 Å². The maximum Gasteiger partial charge on any atom is 0.317 e. The van der Waals surface area contributed by atoms with Gasteiger partial charge in [0.15, 0.2) is 0 Å². The average molecular weight is 307 g/mol. The Morgan fingerprint density at radius 3 is 2.60 bits per heavy atom. The van der Waals surface area contributed by atoms with E-state index in [9.17, 15) is 13.2 Å². The van der Waals surface area contributed by atoms with Crippen molar-refractivity contribution < 1.29 is 17.9 Å². The summed E-state index contributed by atoms with van der Waals surface area (Å²) in [5.74, 6) is -0.0767. The van der Waals surface area contributed by atoms with E-state index in [0.29, 0.717) is 32.8 Å². The molecule has 1 heterocycles. The fraction of sp³-hybridized carbons (Fsp3) is 0.917. The van der Waals surface area contributed by atoms with E-state index in [0.717, 1.165) is 0 Å². The number of nitrogens with zero attached hydrogens (tertiary/aromatic N) is 2. The lowest BCUT2D eigenvalue weighted by Gasteiger charge is -2.30. The molecule has 0 saturated carbocycles. The molecule has 1 aliphatic heterocycles. The van der Waals surface area contributed by atoms with Gasteiger partial charge in [0, 0.05) is 32.7 Å². The smallest absolute Gasteiger partial charge is 0.317 e. The number of morpholine rings is 1. The molecule has 8 heteroatoms. The maximum absolute atomic E-state index is 12.1. The van der Waals surface area contributed by atoms with E-state index < -0.39 is 10.0 Å². The Hall–Kier alpha value is -0.860. The predicted molar refractivity (Wildman–Crippen MR) is 77.1 cm³/mol. The van der Waals surface area contributed by atoms with Crippen LogP contribution in [-0.4, -0.2) is 74.8 Å². The second-order valence-corrected chi connectivity index (χ2v) is 6.85. The molecule has 2 amide bonds. The van der Waals surface area contributed by atoms with Gasteiger partial charge >= 0.3 is 6.03 Å². The van der Waals surface area contributed by atoms with Gasteiger partial charge in [-0.1, -0.05) is 0 Å². The molecule has 118 valence electrons. The molecule has 1 fully saturated rings. The molecular formula is C12H25N3O4S. The summed E-state index contributed by atoms with van der Waals surface area (Å²) in [6, 6.07) is -0.222. The van der Waals surface area contributed by atoms with Gasteiger partial charge in [-0.25, -0.2) is 13.2 Å². The zero-order valence-electron chi connectivity index (χ0n) is 12.5. The predicted octanol–water partition coefficient (Wildman–Crippen LogP) is 0.0883. The summed E-state index contributed by atoms with van der Waals surface area (Å²) >= 11 is 0. The number of urea groups is 1. The molecule has 1 atom stereocenters. The third-order valence-electron chi connectivity index (χ3n) is 3.28. The summed E-state index contributed by atoms with van der Waals surface area (Å²) in [4.78, 5) is 13.3. The van der Waals surface area contributed by atoms with Crippen LogP contribution in [0.4, 0.5) is 4.79 Å². The number of amides is 2. The van der Waals surface area contributed by atoms with Gasteiger partial charge in [-0.05, 0) is 20.8 Å². The zero-order chi connectivity index (χ0) is 15.2. The third kappa shape index (κ3) is 4.92. The maximum atomic E-state index is 12.1. The van der Waals surface area contributed by atoms with Crippen molar-refractivity contribution in [3.05, 3.63) is 0 Å². The number of nitrogens with one attached hydrogen (secondary N) is 1. The van der Waals surface area contributed by atoms with Crippen LogP contribution < -0.4 is 5.32 Å². The number of hydrogen-bond acceptors (Lipinski definition) is 4. The van der Waals surface area contributed by atoms with E-state index in [-0.39, 0.29) is 24.4 Å². The summed E-state index contributed by atoms with van der Waals surface area (Å²) in [5, 5.41) is 2.64. The first kappa shape index (κ1) is 17.2. The summed E-state index contributed by atoms with van der Waals surface area (Å²) in [7, 11) is -3.33. The lowest BCUT2D eigenvalue weighted by atomic mass is 10.3. The molecule has 0 radical (unpaired) electrons. The molecular weight excluding hydrogens is 282 g/mol. The molecule has 1 N–H and O–H groups in total. The van der Waals surface area contributed by atoms with Gasteiger partial charge in [-0.3, -0.25) is 0 Å². The van der Waals surface area contributed by atoms with Crippen molar-refractivity contribution >= 4 is 16.1 Å². The summed E-state index contributed by atoms with van der Waals surface area (Å²) in [6.45, 7) is 8.15. The highest BCUT2D eigenvalue weighted by Gasteiger charge is 2.27. The summed E-state index contributed by atoms with van der Waals surface area (Å²) < 4.78 is 31.0. The number of carbonyl (C=O) groups excluding carboxylic acids is 1. The van der Waals surface area contributed by atoms with Crippen LogP contribution in [0, 0.1) is 0 Å². The van der Waals surface area contributed by atoms with Crippen molar-refractivity contribution in [1.82, 2.24) is 14.5 Å². The summed E-state index contributed by atoms with van der Waals surface area (Å²) in [6.07, 6.45) is -0.0798. The van der Waals surface area contributed by atoms with Gasteiger partial charge in [0.1, 0.15) is 0 Å². The normalized spacial score (nSPS) is 20.6. The molecule has 0 aliphatic carbocycles. The van der Waals surface area contributed by atoms with Gasteiger partial charge in [0.25, 0.3) is 0 Å². The van der Waals surface area contributed by atoms with E-state index in [1.165, 1.54) is 4.31 Å². The standard InChI is InChI=1S/C12H25N3O4S/c1-4-14(5-2)12(16)13-6-9-20(17,18)15-7-8-19-11(3)10-15/h11H,4-10H2,1-3H3,(H,13,16). The van der Waals surface area contributed by atoms with E-state index in [2.05, 4.69) is 5.32 Å². The quantitative estimate of drug-likeness (QED) is 0.754. The van der Waals surface area contributed by atoms with Crippen LogP contribution in [0.5, 0.6) is 0 Å². The fourth-order valence-electron chi connectivity index (χ4n) is 2.08. The topological polar surface area (TPSA) is 79.0 Å². The zero-order valence-corrected chi connectivity index (χ0v) is 13.3. The molecule has 1 aliphatic rings. The second-order valence-electron chi connectivity index (χ2n) is 4.76. The Morgan fingerprint density at radius 2 is 2.05 bits per heavy atom. The SMILES string of the molecule is CCN(CC)C(=O)NCCS(=O)(=O)N1CCOC(C)C1. The first-order valence-corrected chi connectivity index (χ1v) is 8.63. The van der Waals surface area contributed by atoms with Crippen LogP contribution in [0.15, 0.2) is 0 Å². The molecule has 0 aromatic carbocycles. The first-order chi connectivity index (χ1) is 9.40. The van der Waals surface area contributed by atoms with Crippen molar-refractivity contribution in [2.24, 2.45) is 0 Å². The Labute approximate surface area is 121 Å². The monoisotopic (exact) mass is 307 g/mol. The van der Waals surface area contributed by atoms with Crippen molar-refractivity contribution in [3.63, 3.8) is 0 Å². The largest absolute Gasteiger partial charge is 0.376 e. The minimum absolute atomic E-state index is 0.0767. The molecule has 0 spiro atoms. The van der Waals surface area contributed by atoms with Crippen molar-refractivity contribution in [1.29, 1.82) is 0 Å². The minimum atomic E-state index is -3.33. The number of rotatable bonds is 6. The van der Waals surface area contributed by atoms with Crippen LogP contribution in [0.25, 0.3) is 0 Å². The highest BCUT2D eigenvalue weighted by molar-refractivity contribution is 7.89. The Bertz CT molecular complexity index is 409. The van der Waals surface area contributed by atoms with E-state index in [1.54, 1.807) is 4.90 Å². The lowest BCUT2D eigenvalue weighted by Crippen LogP contribution is -2.47. The number of ether oxygens (including phenoxy) is 1. The van der Waals surface area contributed by atoms with Crippen LogP contribution in [-0.2, 0) is 14.8 Å². The van der Waals surface area contributed by atoms with Gasteiger partial charge in [0.05, 0.1) is 18.5 Å². The van der Waals surface area contributed by atoms with Crippen LogP contribution >= 0.6 is 0 Å². The molecule has 7 nitrogen and oxygen atoms in total. The number of sulfonamides is 1. The molecule has 0 bridgehead atoms.